The number of carbonyl (C=O) groups excluding carboxylic acids is 2. The fraction of sp³-hybridized carbons (Fsp3) is 0.111. The average Bonchev–Trinajstić information content (AvgIpc) is 2.25. The zero-order chi connectivity index (χ0) is 13.2. The molecule has 5 nitrogen and oxygen atoms in total. The van der Waals surface area contributed by atoms with E-state index in [2.05, 4.69) is 0 Å². The van der Waals surface area contributed by atoms with Crippen molar-refractivity contribution in [2.45, 2.75) is 6.18 Å². The van der Waals surface area contributed by atoms with Crippen LogP contribution in [0, 0.1) is 0 Å². The summed E-state index contributed by atoms with van der Waals surface area (Å²) in [5.74, 6) is 2.26. The predicted molar refractivity (Wildman–Crippen MR) is 50.1 cm³/mol. The van der Waals surface area contributed by atoms with Gasteiger partial charge < -0.3 is 5.11 Å². The van der Waals surface area contributed by atoms with E-state index in [4.69, 9.17) is 10.9 Å². The van der Waals surface area contributed by atoms with E-state index in [0.29, 0.717) is 6.07 Å². The normalized spacial score (nSPS) is 11.1. The lowest BCUT2D eigenvalue weighted by atomic mass is 9.99. The maximum Gasteiger partial charge on any atom is 0.420 e. The number of alkyl halides is 3. The second kappa shape index (κ2) is 4.42. The summed E-state index contributed by atoms with van der Waals surface area (Å²) in [5.41, 5.74) is -1.63. The van der Waals surface area contributed by atoms with E-state index in [1.807, 2.05) is 0 Å². The maximum atomic E-state index is 12.6. The summed E-state index contributed by atoms with van der Waals surface area (Å²) in [7, 11) is 0. The topological polar surface area (TPSA) is 92.4 Å². The summed E-state index contributed by atoms with van der Waals surface area (Å²) < 4.78 is 37.9. The van der Waals surface area contributed by atoms with Crippen molar-refractivity contribution < 1.29 is 27.9 Å². The van der Waals surface area contributed by atoms with Crippen LogP contribution in [-0.4, -0.2) is 17.3 Å². The smallest absolute Gasteiger partial charge is 0.420 e. The lowest BCUT2D eigenvalue weighted by Crippen LogP contribution is -2.33. The molecular formula is C9H7F3N2O3. The number of hydrazine groups is 1. The molecule has 1 aromatic rings. The molecule has 92 valence electrons. The van der Waals surface area contributed by atoms with Crippen molar-refractivity contribution in [3.63, 3.8) is 0 Å². The highest BCUT2D eigenvalue weighted by Gasteiger charge is 2.39. The SMILES string of the molecule is NNC(=O)c1c(C=O)ccc(O)c1C(F)(F)F. The van der Waals surface area contributed by atoms with E-state index in [1.54, 1.807) is 0 Å². The minimum atomic E-state index is -4.98. The zero-order valence-electron chi connectivity index (χ0n) is 8.21. The molecule has 0 atom stereocenters. The van der Waals surface area contributed by atoms with Crippen LogP contribution in [0.4, 0.5) is 13.2 Å². The van der Waals surface area contributed by atoms with E-state index < -0.39 is 34.5 Å². The van der Waals surface area contributed by atoms with E-state index in [1.165, 1.54) is 5.43 Å². The molecule has 0 fully saturated rings. The number of hydrogen-bond acceptors (Lipinski definition) is 4. The minimum absolute atomic E-state index is 0.0687. The number of hydrogen-bond donors (Lipinski definition) is 3. The largest absolute Gasteiger partial charge is 0.507 e. The van der Waals surface area contributed by atoms with Crippen LogP contribution in [0.5, 0.6) is 5.75 Å². The Bertz CT molecular complexity index is 471. The van der Waals surface area contributed by atoms with Gasteiger partial charge >= 0.3 is 6.18 Å². The first-order valence-corrected chi connectivity index (χ1v) is 4.22. The first-order valence-electron chi connectivity index (χ1n) is 4.22. The third-order valence-electron chi connectivity index (χ3n) is 1.98. The molecule has 17 heavy (non-hydrogen) atoms. The number of nitrogen functional groups attached to an aromatic ring is 1. The maximum absolute atomic E-state index is 12.6. The van der Waals surface area contributed by atoms with Crippen molar-refractivity contribution in [2.24, 2.45) is 5.84 Å². The van der Waals surface area contributed by atoms with E-state index >= 15 is 0 Å². The second-order valence-electron chi connectivity index (χ2n) is 3.01. The van der Waals surface area contributed by atoms with Crippen molar-refractivity contribution in [2.75, 3.05) is 0 Å². The molecule has 0 heterocycles. The van der Waals surface area contributed by atoms with Gasteiger partial charge in [-0.25, -0.2) is 5.84 Å². The highest BCUT2D eigenvalue weighted by Crippen LogP contribution is 2.39. The Morgan fingerprint density at radius 1 is 1.41 bits per heavy atom. The summed E-state index contributed by atoms with van der Waals surface area (Å²) >= 11 is 0. The molecule has 0 aliphatic rings. The minimum Gasteiger partial charge on any atom is -0.507 e. The number of halogens is 3. The molecular weight excluding hydrogens is 241 g/mol. The van der Waals surface area contributed by atoms with Crippen LogP contribution in [0.1, 0.15) is 26.3 Å². The summed E-state index contributed by atoms with van der Waals surface area (Å²) in [5, 5.41) is 9.13. The van der Waals surface area contributed by atoms with Crippen LogP contribution in [0.15, 0.2) is 12.1 Å². The number of benzene rings is 1. The molecule has 0 saturated heterocycles. The molecule has 0 aliphatic carbocycles. The van der Waals surface area contributed by atoms with Gasteiger partial charge in [-0.1, -0.05) is 0 Å². The molecule has 0 saturated carbocycles. The molecule has 1 rings (SSSR count). The van der Waals surface area contributed by atoms with Crippen LogP contribution in [0.25, 0.3) is 0 Å². The van der Waals surface area contributed by atoms with Crippen molar-refractivity contribution in [3.05, 3.63) is 28.8 Å². The van der Waals surface area contributed by atoms with Gasteiger partial charge in [-0.05, 0) is 12.1 Å². The molecule has 1 aromatic carbocycles. The summed E-state index contributed by atoms with van der Waals surface area (Å²) in [4.78, 5) is 21.8. The Kier molecular flexibility index (Phi) is 3.37. The van der Waals surface area contributed by atoms with Crippen molar-refractivity contribution in [1.29, 1.82) is 0 Å². The van der Waals surface area contributed by atoms with Gasteiger partial charge in [0, 0.05) is 5.56 Å². The number of aldehydes is 1. The second-order valence-corrected chi connectivity index (χ2v) is 3.01. The lowest BCUT2D eigenvalue weighted by Gasteiger charge is -2.14. The van der Waals surface area contributed by atoms with Crippen molar-refractivity contribution in [1.82, 2.24) is 5.43 Å². The van der Waals surface area contributed by atoms with Crippen LogP contribution >= 0.6 is 0 Å². The van der Waals surface area contributed by atoms with E-state index in [-0.39, 0.29) is 6.29 Å². The van der Waals surface area contributed by atoms with Crippen LogP contribution in [0.3, 0.4) is 0 Å². The molecule has 1 amide bonds. The fourth-order valence-electron chi connectivity index (χ4n) is 1.31. The van der Waals surface area contributed by atoms with Gasteiger partial charge in [0.2, 0.25) is 0 Å². The van der Waals surface area contributed by atoms with Gasteiger partial charge in [0.1, 0.15) is 11.3 Å². The van der Waals surface area contributed by atoms with Gasteiger partial charge in [0.15, 0.2) is 6.29 Å². The highest BCUT2D eigenvalue weighted by atomic mass is 19.4. The molecule has 0 unspecified atom stereocenters. The number of amides is 1. The number of carbonyl (C=O) groups is 2. The summed E-state index contributed by atoms with van der Waals surface area (Å²) in [6, 6.07) is 1.57. The first-order chi connectivity index (χ1) is 7.82. The van der Waals surface area contributed by atoms with Gasteiger partial charge in [0.05, 0.1) is 5.56 Å². The van der Waals surface area contributed by atoms with Crippen molar-refractivity contribution in [3.8, 4) is 5.75 Å². The number of rotatable bonds is 2. The zero-order valence-corrected chi connectivity index (χ0v) is 8.21. The van der Waals surface area contributed by atoms with Crippen LogP contribution in [0.2, 0.25) is 0 Å². The Balaban J connectivity index is 3.65. The molecule has 0 aromatic heterocycles. The lowest BCUT2D eigenvalue weighted by molar-refractivity contribution is -0.139. The van der Waals surface area contributed by atoms with E-state index in [0.717, 1.165) is 6.07 Å². The number of nitrogens with one attached hydrogen (secondary N) is 1. The average molecular weight is 248 g/mol. The standard InChI is InChI=1S/C9H7F3N2O3/c10-9(11,12)7-5(16)2-1-4(3-15)6(7)8(17)14-13/h1-3,16H,13H2,(H,14,17). The highest BCUT2D eigenvalue weighted by molar-refractivity contribution is 6.03. The number of aromatic hydroxyl groups is 1. The van der Waals surface area contributed by atoms with Crippen LogP contribution in [-0.2, 0) is 6.18 Å². The number of phenols is 1. The van der Waals surface area contributed by atoms with Gasteiger partial charge in [-0.15, -0.1) is 0 Å². The Morgan fingerprint density at radius 3 is 2.41 bits per heavy atom. The van der Waals surface area contributed by atoms with Crippen LogP contribution < -0.4 is 11.3 Å². The van der Waals surface area contributed by atoms with E-state index in [9.17, 15) is 22.8 Å². The number of nitrogens with two attached hydrogens (primary N) is 1. The van der Waals surface area contributed by atoms with Gasteiger partial charge in [-0.3, -0.25) is 15.0 Å². The Hall–Kier alpha value is -2.09. The fourth-order valence-corrected chi connectivity index (χ4v) is 1.31. The molecule has 4 N–H and O–H groups in total. The molecule has 0 bridgehead atoms. The quantitative estimate of drug-likeness (QED) is 0.313. The molecule has 0 radical (unpaired) electrons. The predicted octanol–water partition coefficient (Wildman–Crippen LogP) is 0.827. The Labute approximate surface area is 93.0 Å². The molecule has 8 heteroatoms. The molecule has 0 spiro atoms. The third-order valence-corrected chi connectivity index (χ3v) is 1.98. The van der Waals surface area contributed by atoms with Gasteiger partial charge in [-0.2, -0.15) is 13.2 Å². The Morgan fingerprint density at radius 2 is 2.00 bits per heavy atom. The molecule has 0 aliphatic heterocycles. The van der Waals surface area contributed by atoms with Crippen molar-refractivity contribution >= 4 is 12.2 Å². The monoisotopic (exact) mass is 248 g/mol. The summed E-state index contributed by atoms with van der Waals surface area (Å²) in [6.45, 7) is 0. The summed E-state index contributed by atoms with van der Waals surface area (Å²) in [6.07, 6.45) is -4.91. The number of phenolic OH excluding ortho intramolecular Hbond substituents is 1. The van der Waals surface area contributed by atoms with Gasteiger partial charge in [0.25, 0.3) is 5.91 Å². The third kappa shape index (κ3) is 2.36. The first kappa shape index (κ1) is 13.0.